The maximum absolute atomic E-state index is 11.3. The van der Waals surface area contributed by atoms with Crippen LogP contribution in [0.2, 0.25) is 0 Å². The molecule has 0 rings (SSSR count). The third-order valence-electron chi connectivity index (χ3n) is 2.31. The molecule has 0 unspecified atom stereocenters. The van der Waals surface area contributed by atoms with Gasteiger partial charge in [0.1, 0.15) is 0 Å². The van der Waals surface area contributed by atoms with Crippen LogP contribution in [-0.2, 0) is 10.0 Å². The van der Waals surface area contributed by atoms with Crippen molar-refractivity contribution in [1.82, 2.24) is 4.31 Å². The standard InChI is InChI=1S/C10H23NO2S/c1-4-5-6-7-8-9-10-14(12,13)11(2)3/h4-10H2,1-3H3. The Morgan fingerprint density at radius 3 is 1.93 bits per heavy atom. The minimum atomic E-state index is -2.96. The van der Waals surface area contributed by atoms with Gasteiger partial charge in [0.15, 0.2) is 0 Å². The van der Waals surface area contributed by atoms with Crippen molar-refractivity contribution >= 4 is 10.0 Å². The van der Waals surface area contributed by atoms with E-state index in [9.17, 15) is 8.42 Å². The zero-order chi connectivity index (χ0) is 11.0. The molecule has 14 heavy (non-hydrogen) atoms. The summed E-state index contributed by atoms with van der Waals surface area (Å²) in [4.78, 5) is 0. The van der Waals surface area contributed by atoms with Crippen molar-refractivity contribution in [2.45, 2.75) is 45.4 Å². The van der Waals surface area contributed by atoms with E-state index in [1.54, 1.807) is 14.1 Å². The quantitative estimate of drug-likeness (QED) is 0.589. The van der Waals surface area contributed by atoms with Crippen molar-refractivity contribution in [3.05, 3.63) is 0 Å². The van der Waals surface area contributed by atoms with Gasteiger partial charge in [-0.3, -0.25) is 0 Å². The Morgan fingerprint density at radius 1 is 0.929 bits per heavy atom. The number of sulfonamides is 1. The number of rotatable bonds is 8. The molecular weight excluding hydrogens is 198 g/mol. The van der Waals surface area contributed by atoms with Crippen molar-refractivity contribution in [2.75, 3.05) is 19.8 Å². The van der Waals surface area contributed by atoms with Gasteiger partial charge in [-0.1, -0.05) is 39.0 Å². The summed E-state index contributed by atoms with van der Waals surface area (Å²) in [5, 5.41) is 0. The van der Waals surface area contributed by atoms with Crippen molar-refractivity contribution in [3.63, 3.8) is 0 Å². The van der Waals surface area contributed by atoms with Crippen molar-refractivity contribution in [1.29, 1.82) is 0 Å². The fraction of sp³-hybridized carbons (Fsp3) is 1.00. The average Bonchev–Trinajstić information content (AvgIpc) is 2.10. The monoisotopic (exact) mass is 221 g/mol. The van der Waals surface area contributed by atoms with Gasteiger partial charge >= 0.3 is 0 Å². The molecule has 0 amide bonds. The summed E-state index contributed by atoms with van der Waals surface area (Å²) >= 11 is 0. The van der Waals surface area contributed by atoms with Gasteiger partial charge in [0.2, 0.25) is 10.0 Å². The smallest absolute Gasteiger partial charge is 0.212 e. The van der Waals surface area contributed by atoms with E-state index in [4.69, 9.17) is 0 Å². The highest BCUT2D eigenvalue weighted by Crippen LogP contribution is 2.07. The van der Waals surface area contributed by atoms with Gasteiger partial charge in [0.05, 0.1) is 5.75 Å². The predicted octanol–water partition coefficient (Wildman–Crippen LogP) is 2.24. The summed E-state index contributed by atoms with van der Waals surface area (Å²) in [6.45, 7) is 2.18. The molecule has 4 heteroatoms. The predicted molar refractivity (Wildman–Crippen MR) is 60.8 cm³/mol. The van der Waals surface area contributed by atoms with Crippen LogP contribution in [-0.4, -0.2) is 32.6 Å². The van der Waals surface area contributed by atoms with Gasteiger partial charge in [-0.15, -0.1) is 0 Å². The molecule has 86 valence electrons. The molecule has 0 aliphatic rings. The number of unbranched alkanes of at least 4 members (excludes halogenated alkanes) is 5. The lowest BCUT2D eigenvalue weighted by atomic mass is 10.1. The first kappa shape index (κ1) is 13.9. The van der Waals surface area contributed by atoms with Crippen LogP contribution < -0.4 is 0 Å². The van der Waals surface area contributed by atoms with Crippen LogP contribution in [0.3, 0.4) is 0 Å². The average molecular weight is 221 g/mol. The summed E-state index contributed by atoms with van der Waals surface area (Å²) < 4.78 is 24.0. The minimum absolute atomic E-state index is 0.298. The van der Waals surface area contributed by atoms with E-state index in [1.807, 2.05) is 0 Å². The molecule has 0 N–H and O–H groups in total. The molecule has 0 saturated carbocycles. The highest BCUT2D eigenvalue weighted by atomic mass is 32.2. The van der Waals surface area contributed by atoms with Crippen LogP contribution in [0, 0.1) is 0 Å². The van der Waals surface area contributed by atoms with Gasteiger partial charge in [-0.05, 0) is 6.42 Å². The third-order valence-corrected chi connectivity index (χ3v) is 4.23. The van der Waals surface area contributed by atoms with E-state index in [-0.39, 0.29) is 0 Å². The molecule has 0 atom stereocenters. The molecule has 0 heterocycles. The van der Waals surface area contributed by atoms with Gasteiger partial charge in [-0.2, -0.15) is 0 Å². The van der Waals surface area contributed by atoms with Crippen molar-refractivity contribution in [3.8, 4) is 0 Å². The van der Waals surface area contributed by atoms with E-state index in [0.29, 0.717) is 5.75 Å². The highest BCUT2D eigenvalue weighted by molar-refractivity contribution is 7.89. The molecule has 0 saturated heterocycles. The van der Waals surface area contributed by atoms with Gasteiger partial charge in [0.25, 0.3) is 0 Å². The number of hydrogen-bond donors (Lipinski definition) is 0. The highest BCUT2D eigenvalue weighted by Gasteiger charge is 2.11. The Morgan fingerprint density at radius 2 is 1.43 bits per heavy atom. The van der Waals surface area contributed by atoms with Crippen LogP contribution in [0.15, 0.2) is 0 Å². The van der Waals surface area contributed by atoms with Gasteiger partial charge in [0, 0.05) is 14.1 Å². The Balaban J connectivity index is 3.46. The molecule has 0 aromatic heterocycles. The van der Waals surface area contributed by atoms with Crippen LogP contribution in [0.25, 0.3) is 0 Å². The SMILES string of the molecule is CCCCCCCCS(=O)(=O)N(C)C. The van der Waals surface area contributed by atoms with Crippen LogP contribution >= 0.6 is 0 Å². The first-order valence-electron chi connectivity index (χ1n) is 5.41. The fourth-order valence-corrected chi connectivity index (χ4v) is 2.18. The lowest BCUT2D eigenvalue weighted by Gasteiger charge is -2.10. The number of nitrogens with zero attached hydrogens (tertiary/aromatic N) is 1. The Hall–Kier alpha value is -0.0900. The molecular formula is C10H23NO2S. The Labute approximate surface area is 88.5 Å². The van der Waals surface area contributed by atoms with E-state index in [2.05, 4.69) is 6.92 Å². The maximum Gasteiger partial charge on any atom is 0.213 e. The Kier molecular flexibility index (Phi) is 7.19. The summed E-state index contributed by atoms with van der Waals surface area (Å²) in [7, 11) is 0.222. The largest absolute Gasteiger partial charge is 0.213 e. The second-order valence-electron chi connectivity index (χ2n) is 3.87. The van der Waals surface area contributed by atoms with Crippen molar-refractivity contribution in [2.24, 2.45) is 0 Å². The van der Waals surface area contributed by atoms with E-state index in [1.165, 1.54) is 23.6 Å². The first-order valence-corrected chi connectivity index (χ1v) is 7.02. The van der Waals surface area contributed by atoms with Crippen LogP contribution in [0.5, 0.6) is 0 Å². The fourth-order valence-electron chi connectivity index (χ4n) is 1.25. The summed E-state index contributed by atoms with van der Waals surface area (Å²) in [6.07, 6.45) is 6.73. The molecule has 0 aliphatic carbocycles. The number of hydrogen-bond acceptors (Lipinski definition) is 2. The molecule has 3 nitrogen and oxygen atoms in total. The third kappa shape index (κ3) is 6.38. The zero-order valence-corrected chi connectivity index (χ0v) is 10.4. The Bertz CT molecular complexity index is 222. The van der Waals surface area contributed by atoms with Gasteiger partial charge < -0.3 is 0 Å². The van der Waals surface area contributed by atoms with E-state index in [0.717, 1.165) is 19.3 Å². The molecule has 0 spiro atoms. The molecule has 0 bridgehead atoms. The first-order chi connectivity index (χ1) is 6.50. The van der Waals surface area contributed by atoms with Crippen LogP contribution in [0.4, 0.5) is 0 Å². The maximum atomic E-state index is 11.3. The van der Waals surface area contributed by atoms with Crippen molar-refractivity contribution < 1.29 is 8.42 Å². The lowest BCUT2D eigenvalue weighted by Crippen LogP contribution is -2.24. The summed E-state index contributed by atoms with van der Waals surface area (Å²) in [5.41, 5.74) is 0. The minimum Gasteiger partial charge on any atom is -0.212 e. The molecule has 0 radical (unpaired) electrons. The summed E-state index contributed by atoms with van der Waals surface area (Å²) in [5.74, 6) is 0.298. The molecule has 0 fully saturated rings. The van der Waals surface area contributed by atoms with Crippen LogP contribution in [0.1, 0.15) is 45.4 Å². The summed E-state index contributed by atoms with van der Waals surface area (Å²) in [6, 6.07) is 0. The molecule has 0 aromatic carbocycles. The lowest BCUT2D eigenvalue weighted by molar-refractivity contribution is 0.515. The molecule has 0 aromatic rings. The molecule has 0 aliphatic heterocycles. The normalized spacial score (nSPS) is 12.3. The van der Waals surface area contributed by atoms with Gasteiger partial charge in [-0.25, -0.2) is 12.7 Å². The topological polar surface area (TPSA) is 37.4 Å². The second-order valence-corrected chi connectivity index (χ2v) is 6.17. The zero-order valence-electron chi connectivity index (χ0n) is 9.62. The van der Waals surface area contributed by atoms with E-state index < -0.39 is 10.0 Å². The second kappa shape index (κ2) is 7.23. The van der Waals surface area contributed by atoms with E-state index >= 15 is 0 Å².